The largest absolute Gasteiger partial charge is 0.454 e. The molecule has 1 aliphatic rings. The number of anilines is 1. The summed E-state index contributed by atoms with van der Waals surface area (Å²) in [5, 5.41) is 2.57. The molecule has 0 radical (unpaired) electrons. The molecule has 0 saturated heterocycles. The van der Waals surface area contributed by atoms with E-state index in [0.29, 0.717) is 11.5 Å². The van der Waals surface area contributed by atoms with Gasteiger partial charge in [-0.05, 0) is 30.3 Å². The molecule has 0 bridgehead atoms. The molecule has 6 nitrogen and oxygen atoms in total. The fourth-order valence-electron chi connectivity index (χ4n) is 2.50. The molecular weight excluding hydrogens is 339 g/mol. The number of aromatic nitrogens is 2. The first-order chi connectivity index (χ1) is 11.9. The van der Waals surface area contributed by atoms with E-state index >= 15 is 0 Å². The number of rotatable bonds is 2. The van der Waals surface area contributed by atoms with Crippen LogP contribution in [0.4, 0.5) is 18.9 Å². The minimum Gasteiger partial charge on any atom is -0.454 e. The third-order valence-electron chi connectivity index (χ3n) is 3.66. The Morgan fingerprint density at radius 2 is 1.96 bits per heavy atom. The molecule has 2 heterocycles. The third-order valence-corrected chi connectivity index (χ3v) is 3.66. The van der Waals surface area contributed by atoms with Crippen molar-refractivity contribution in [1.29, 1.82) is 0 Å². The summed E-state index contributed by atoms with van der Waals surface area (Å²) >= 11 is 0. The van der Waals surface area contributed by atoms with E-state index in [1.807, 2.05) is 0 Å². The van der Waals surface area contributed by atoms with Crippen LogP contribution < -0.4 is 14.8 Å². The maximum Gasteiger partial charge on any atom is 0.449 e. The van der Waals surface area contributed by atoms with Gasteiger partial charge in [0.2, 0.25) is 12.6 Å². The smallest absolute Gasteiger partial charge is 0.449 e. The number of nitrogens with one attached hydrogen (secondary N) is 2. The number of H-pyrrole nitrogens is 1. The number of alkyl halides is 3. The molecule has 0 aliphatic carbocycles. The summed E-state index contributed by atoms with van der Waals surface area (Å²) in [5.74, 6) is -0.652. The lowest BCUT2D eigenvalue weighted by Crippen LogP contribution is -2.12. The SMILES string of the molecule is O=C(Nc1cccc2[nH]c(C(F)(F)F)nc12)c1ccc2c(c1)OCO2. The van der Waals surface area contributed by atoms with Gasteiger partial charge in [0.1, 0.15) is 5.52 Å². The molecule has 0 spiro atoms. The van der Waals surface area contributed by atoms with Crippen LogP contribution in [0.15, 0.2) is 36.4 Å². The number of fused-ring (bicyclic) bond motifs is 2. The zero-order valence-corrected chi connectivity index (χ0v) is 12.5. The maximum absolute atomic E-state index is 12.8. The van der Waals surface area contributed by atoms with Crippen molar-refractivity contribution in [2.45, 2.75) is 6.18 Å². The van der Waals surface area contributed by atoms with E-state index in [-0.39, 0.29) is 29.1 Å². The predicted octanol–water partition coefficient (Wildman–Crippen LogP) is 3.56. The van der Waals surface area contributed by atoms with Gasteiger partial charge in [0.25, 0.3) is 5.91 Å². The number of hydrogen-bond acceptors (Lipinski definition) is 4. The number of aromatic amines is 1. The average molecular weight is 349 g/mol. The fourth-order valence-corrected chi connectivity index (χ4v) is 2.50. The summed E-state index contributed by atoms with van der Waals surface area (Å²) in [6, 6.07) is 9.09. The second-order valence-corrected chi connectivity index (χ2v) is 5.31. The lowest BCUT2D eigenvalue weighted by molar-refractivity contribution is -0.144. The normalized spacial score (nSPS) is 13.2. The average Bonchev–Trinajstić information content (AvgIpc) is 3.20. The Hall–Kier alpha value is -3.23. The molecule has 9 heteroatoms. The lowest BCUT2D eigenvalue weighted by Gasteiger charge is -2.06. The molecule has 4 rings (SSSR count). The van der Waals surface area contributed by atoms with E-state index in [2.05, 4.69) is 15.3 Å². The topological polar surface area (TPSA) is 76.2 Å². The first kappa shape index (κ1) is 15.3. The maximum atomic E-state index is 12.8. The summed E-state index contributed by atoms with van der Waals surface area (Å²) in [6.45, 7) is 0.0766. The second-order valence-electron chi connectivity index (χ2n) is 5.31. The van der Waals surface area contributed by atoms with Crippen molar-refractivity contribution in [1.82, 2.24) is 9.97 Å². The first-order valence-corrected chi connectivity index (χ1v) is 7.19. The van der Waals surface area contributed by atoms with Crippen molar-refractivity contribution in [2.24, 2.45) is 0 Å². The van der Waals surface area contributed by atoms with Gasteiger partial charge in [-0.1, -0.05) is 6.07 Å². The van der Waals surface area contributed by atoms with Gasteiger partial charge >= 0.3 is 6.18 Å². The van der Waals surface area contributed by atoms with Gasteiger partial charge in [-0.25, -0.2) is 4.98 Å². The molecule has 0 atom stereocenters. The Kier molecular flexibility index (Phi) is 3.31. The van der Waals surface area contributed by atoms with E-state index < -0.39 is 17.9 Å². The molecule has 0 fully saturated rings. The summed E-state index contributed by atoms with van der Waals surface area (Å²) in [4.78, 5) is 18.1. The van der Waals surface area contributed by atoms with E-state index in [4.69, 9.17) is 9.47 Å². The molecule has 3 aromatic rings. The van der Waals surface area contributed by atoms with E-state index in [0.717, 1.165) is 0 Å². The third kappa shape index (κ3) is 2.73. The van der Waals surface area contributed by atoms with Crippen LogP contribution >= 0.6 is 0 Å². The number of benzene rings is 2. The van der Waals surface area contributed by atoms with Crippen LogP contribution in [0.25, 0.3) is 11.0 Å². The highest BCUT2D eigenvalue weighted by Gasteiger charge is 2.35. The molecular formula is C16H10F3N3O3. The van der Waals surface area contributed by atoms with E-state index in [9.17, 15) is 18.0 Å². The molecule has 1 aliphatic heterocycles. The van der Waals surface area contributed by atoms with Crippen LogP contribution in [0, 0.1) is 0 Å². The number of hydrogen-bond donors (Lipinski definition) is 2. The van der Waals surface area contributed by atoms with Crippen LogP contribution in [0.3, 0.4) is 0 Å². The van der Waals surface area contributed by atoms with Gasteiger partial charge in [-0.3, -0.25) is 4.79 Å². The highest BCUT2D eigenvalue weighted by molar-refractivity contribution is 6.08. The van der Waals surface area contributed by atoms with Crippen LogP contribution in [0.2, 0.25) is 0 Å². The number of carbonyl (C=O) groups excluding carboxylic acids is 1. The minimum atomic E-state index is -4.60. The van der Waals surface area contributed by atoms with E-state index in [1.54, 1.807) is 6.07 Å². The standard InChI is InChI=1S/C16H10F3N3O3/c17-16(18,19)15-21-10-3-1-2-9(13(10)22-15)20-14(23)8-4-5-11-12(6-8)25-7-24-11/h1-6H,7H2,(H,20,23)(H,21,22). The molecule has 1 aromatic heterocycles. The number of nitrogens with zero attached hydrogens (tertiary/aromatic N) is 1. The molecule has 0 unspecified atom stereocenters. The van der Waals surface area contributed by atoms with Crippen molar-refractivity contribution in [3.8, 4) is 11.5 Å². The molecule has 2 aromatic carbocycles. The summed E-state index contributed by atoms with van der Waals surface area (Å²) in [5.41, 5.74) is 0.666. The number of carbonyl (C=O) groups is 1. The van der Waals surface area contributed by atoms with Crippen molar-refractivity contribution in [2.75, 3.05) is 12.1 Å². The lowest BCUT2D eigenvalue weighted by atomic mass is 10.2. The number of ether oxygens (including phenoxy) is 2. The van der Waals surface area contributed by atoms with Gasteiger partial charge in [-0.2, -0.15) is 13.2 Å². The Bertz CT molecular complexity index is 982. The summed E-state index contributed by atoms with van der Waals surface area (Å²) < 4.78 is 48.8. The molecule has 0 saturated carbocycles. The van der Waals surface area contributed by atoms with Crippen molar-refractivity contribution >= 4 is 22.6 Å². The van der Waals surface area contributed by atoms with Gasteiger partial charge in [0.05, 0.1) is 11.2 Å². The zero-order valence-electron chi connectivity index (χ0n) is 12.5. The summed E-state index contributed by atoms with van der Waals surface area (Å²) in [6.07, 6.45) is -4.60. The predicted molar refractivity (Wildman–Crippen MR) is 81.6 cm³/mol. The van der Waals surface area contributed by atoms with Crippen LogP contribution in [-0.2, 0) is 6.18 Å². The van der Waals surface area contributed by atoms with Gasteiger partial charge in [-0.15, -0.1) is 0 Å². The van der Waals surface area contributed by atoms with Gasteiger partial charge in [0.15, 0.2) is 11.5 Å². The number of imidazole rings is 1. The molecule has 128 valence electrons. The van der Waals surface area contributed by atoms with Crippen molar-refractivity contribution in [3.63, 3.8) is 0 Å². The highest BCUT2D eigenvalue weighted by atomic mass is 19.4. The Balaban J connectivity index is 1.66. The second kappa shape index (κ2) is 5.40. The molecule has 2 N–H and O–H groups in total. The first-order valence-electron chi connectivity index (χ1n) is 7.19. The molecule has 25 heavy (non-hydrogen) atoms. The van der Waals surface area contributed by atoms with Gasteiger partial charge in [0, 0.05) is 5.56 Å². The molecule has 1 amide bonds. The zero-order chi connectivity index (χ0) is 17.6. The Labute approximate surface area is 138 Å². The van der Waals surface area contributed by atoms with Crippen molar-refractivity contribution < 1.29 is 27.4 Å². The Morgan fingerprint density at radius 1 is 1.16 bits per heavy atom. The minimum absolute atomic E-state index is 0.0314. The summed E-state index contributed by atoms with van der Waals surface area (Å²) in [7, 11) is 0. The highest BCUT2D eigenvalue weighted by Crippen LogP contribution is 2.33. The van der Waals surface area contributed by atoms with E-state index in [1.165, 1.54) is 30.3 Å². The van der Waals surface area contributed by atoms with Crippen LogP contribution in [0.1, 0.15) is 16.2 Å². The van der Waals surface area contributed by atoms with Crippen molar-refractivity contribution in [3.05, 3.63) is 47.8 Å². The monoisotopic (exact) mass is 349 g/mol. The van der Waals surface area contributed by atoms with Gasteiger partial charge < -0.3 is 19.8 Å². The number of halogens is 3. The van der Waals surface area contributed by atoms with Crippen LogP contribution in [-0.4, -0.2) is 22.7 Å². The fraction of sp³-hybridized carbons (Fsp3) is 0.125. The number of amides is 1. The quantitative estimate of drug-likeness (QED) is 0.742. The van der Waals surface area contributed by atoms with Crippen LogP contribution in [0.5, 0.6) is 11.5 Å². The Morgan fingerprint density at radius 3 is 2.76 bits per heavy atom. The number of para-hydroxylation sites is 1.